The van der Waals surface area contributed by atoms with Crippen LogP contribution in [0.4, 0.5) is 11.4 Å². The Hall–Kier alpha value is -3.24. The maximum atomic E-state index is 13.2. The van der Waals surface area contributed by atoms with Crippen molar-refractivity contribution < 1.29 is 9.72 Å². The molecular weight excluding hydrogens is 430 g/mol. The lowest BCUT2D eigenvalue weighted by molar-refractivity contribution is -0.385. The van der Waals surface area contributed by atoms with E-state index in [1.165, 1.54) is 15.9 Å². The van der Waals surface area contributed by atoms with Crippen LogP contribution in [0.2, 0.25) is 0 Å². The maximum Gasteiger partial charge on any atom is 0.357 e. The summed E-state index contributed by atoms with van der Waals surface area (Å²) in [6, 6.07) is 11.0. The van der Waals surface area contributed by atoms with Crippen molar-refractivity contribution in [2.75, 3.05) is 51.7 Å². The largest absolute Gasteiger partial charge is 0.362 e. The van der Waals surface area contributed by atoms with Crippen molar-refractivity contribution in [3.05, 3.63) is 67.1 Å². The molecule has 1 aliphatic heterocycles. The predicted octanol–water partition coefficient (Wildman–Crippen LogP) is 2.50. The lowest BCUT2D eigenvalue weighted by Gasteiger charge is -2.36. The minimum atomic E-state index is -0.595. The molecule has 0 aliphatic carbocycles. The van der Waals surface area contributed by atoms with Crippen LogP contribution < -0.4 is 10.5 Å². The number of amides is 1. The second kappa shape index (κ2) is 9.09. The smallest absolute Gasteiger partial charge is 0.357 e. The summed E-state index contributed by atoms with van der Waals surface area (Å²) in [5, 5.41) is 14.6. The molecule has 1 aromatic carbocycles. The van der Waals surface area contributed by atoms with Crippen LogP contribution >= 0.6 is 11.3 Å². The van der Waals surface area contributed by atoms with E-state index < -0.39 is 16.2 Å². The minimum Gasteiger partial charge on any atom is -0.362 e. The number of likely N-dealkylation sites (N-methyl/N-ethyl adjacent to an activating group) is 1. The molecule has 4 rings (SSSR count). The first-order valence-electron chi connectivity index (χ1n) is 10.4. The summed E-state index contributed by atoms with van der Waals surface area (Å²) in [5.41, 5.74) is 0.0279. The predicted molar refractivity (Wildman–Crippen MR) is 126 cm³/mol. The molecule has 0 spiro atoms. The van der Waals surface area contributed by atoms with Crippen molar-refractivity contribution in [2.45, 2.75) is 6.54 Å². The second-order valence-electron chi connectivity index (χ2n) is 7.99. The van der Waals surface area contributed by atoms with Crippen LogP contribution in [0.3, 0.4) is 0 Å². The molecule has 1 amide bonds. The number of aromatic nitrogens is 1. The molecule has 168 valence electrons. The molecular formula is C22H25N5O4S. The summed E-state index contributed by atoms with van der Waals surface area (Å²) in [5.74, 6) is -0.0295. The third kappa shape index (κ3) is 4.11. The fraction of sp³-hybridized carbons (Fsp3) is 0.364. The van der Waals surface area contributed by atoms with Crippen LogP contribution in [0, 0.1) is 10.1 Å². The van der Waals surface area contributed by atoms with Gasteiger partial charge in [-0.05, 0) is 31.6 Å². The zero-order chi connectivity index (χ0) is 22.8. The first-order chi connectivity index (χ1) is 15.4. The molecule has 1 aliphatic rings. The normalized spacial score (nSPS) is 14.3. The number of nitrogens with zero attached hydrogens (tertiary/aromatic N) is 5. The highest BCUT2D eigenvalue weighted by Gasteiger charge is 2.32. The van der Waals surface area contributed by atoms with Gasteiger partial charge >= 0.3 is 11.2 Å². The highest BCUT2D eigenvalue weighted by atomic mass is 32.1. The summed E-state index contributed by atoms with van der Waals surface area (Å²) >= 11 is 1.40. The fourth-order valence-corrected chi connectivity index (χ4v) is 4.76. The van der Waals surface area contributed by atoms with Gasteiger partial charge in [-0.1, -0.05) is 24.3 Å². The molecule has 32 heavy (non-hydrogen) atoms. The maximum absolute atomic E-state index is 13.2. The number of hydrogen-bond donors (Lipinski definition) is 0. The van der Waals surface area contributed by atoms with Crippen LogP contribution in [-0.2, 0) is 6.54 Å². The monoisotopic (exact) mass is 455 g/mol. The molecule has 1 saturated heterocycles. The summed E-state index contributed by atoms with van der Waals surface area (Å²) < 4.78 is 1.49. The van der Waals surface area contributed by atoms with Gasteiger partial charge in [0.15, 0.2) is 0 Å². The van der Waals surface area contributed by atoms with Crippen molar-refractivity contribution in [3.63, 3.8) is 0 Å². The van der Waals surface area contributed by atoms with Crippen LogP contribution in [0.5, 0.6) is 0 Å². The number of rotatable bonds is 6. The molecule has 9 nitrogen and oxygen atoms in total. The van der Waals surface area contributed by atoms with Crippen LogP contribution in [0.15, 0.2) is 46.6 Å². The number of hydrogen-bond acceptors (Lipinski definition) is 7. The van der Waals surface area contributed by atoms with Crippen molar-refractivity contribution in [1.82, 2.24) is 14.4 Å². The van der Waals surface area contributed by atoms with Gasteiger partial charge < -0.3 is 19.3 Å². The number of pyridine rings is 1. The standard InChI is InChI=1S/C22H25N5O4S/c1-23(2)9-14-26-17-7-4-3-6-16(17)19(20(22(26)29)27(30)31)24-10-12-25(13-11-24)21(28)18-8-5-15-32-18/h3-8,15H,9-14H2,1-2H3. The minimum absolute atomic E-state index is 0.0295. The average molecular weight is 456 g/mol. The van der Waals surface area contributed by atoms with E-state index in [0.717, 1.165) is 0 Å². The Bertz CT molecular complexity index is 1200. The number of para-hydroxylation sites is 1. The van der Waals surface area contributed by atoms with E-state index in [9.17, 15) is 19.7 Å². The van der Waals surface area contributed by atoms with Gasteiger partial charge in [-0.2, -0.15) is 0 Å². The number of nitro groups is 1. The number of fused-ring (bicyclic) bond motifs is 1. The van der Waals surface area contributed by atoms with Crippen LogP contribution in [0.25, 0.3) is 10.9 Å². The van der Waals surface area contributed by atoms with E-state index in [0.29, 0.717) is 60.7 Å². The van der Waals surface area contributed by atoms with E-state index in [2.05, 4.69) is 0 Å². The summed E-state index contributed by atoms with van der Waals surface area (Å²) in [6.45, 7) is 2.66. The van der Waals surface area contributed by atoms with Crippen molar-refractivity contribution in [3.8, 4) is 0 Å². The quantitative estimate of drug-likeness (QED) is 0.419. The lowest BCUT2D eigenvalue weighted by Crippen LogP contribution is -2.49. The van der Waals surface area contributed by atoms with Crippen molar-refractivity contribution >= 4 is 39.5 Å². The Morgan fingerprint density at radius 2 is 1.84 bits per heavy atom. The van der Waals surface area contributed by atoms with Crippen molar-refractivity contribution in [2.24, 2.45) is 0 Å². The molecule has 0 unspecified atom stereocenters. The molecule has 0 N–H and O–H groups in total. The Morgan fingerprint density at radius 3 is 2.47 bits per heavy atom. The zero-order valence-corrected chi connectivity index (χ0v) is 18.9. The Balaban J connectivity index is 1.72. The zero-order valence-electron chi connectivity index (χ0n) is 18.1. The molecule has 1 fully saturated rings. The highest BCUT2D eigenvalue weighted by molar-refractivity contribution is 7.12. The Labute approximate surface area is 189 Å². The van der Waals surface area contributed by atoms with Gasteiger partial charge in [0, 0.05) is 44.7 Å². The Kier molecular flexibility index (Phi) is 6.24. The molecule has 0 atom stereocenters. The highest BCUT2D eigenvalue weighted by Crippen LogP contribution is 2.34. The third-order valence-corrected chi connectivity index (χ3v) is 6.55. The first-order valence-corrected chi connectivity index (χ1v) is 11.3. The number of carbonyl (C=O) groups excluding carboxylic acids is 1. The number of anilines is 1. The van der Waals surface area contributed by atoms with Gasteiger partial charge in [-0.15, -0.1) is 11.3 Å². The van der Waals surface area contributed by atoms with Crippen LogP contribution in [-0.4, -0.2) is 72.0 Å². The molecule has 2 aromatic heterocycles. The van der Waals surface area contributed by atoms with Gasteiger partial charge in [0.1, 0.15) is 5.69 Å². The molecule has 0 saturated carbocycles. The van der Waals surface area contributed by atoms with E-state index >= 15 is 0 Å². The summed E-state index contributed by atoms with van der Waals surface area (Å²) in [6.07, 6.45) is 0. The number of benzene rings is 1. The van der Waals surface area contributed by atoms with E-state index in [1.54, 1.807) is 11.0 Å². The third-order valence-electron chi connectivity index (χ3n) is 5.69. The molecule has 0 bridgehead atoms. The lowest BCUT2D eigenvalue weighted by atomic mass is 10.1. The first kappa shape index (κ1) is 22.0. The topological polar surface area (TPSA) is 91.9 Å². The van der Waals surface area contributed by atoms with Gasteiger partial charge in [0.05, 0.1) is 15.3 Å². The second-order valence-corrected chi connectivity index (χ2v) is 8.94. The van der Waals surface area contributed by atoms with Crippen LogP contribution in [0.1, 0.15) is 9.67 Å². The SMILES string of the molecule is CN(C)CCn1c(=O)c([N+](=O)[O-])c(N2CCN(C(=O)c3cccs3)CC2)c2ccccc21. The van der Waals surface area contributed by atoms with Gasteiger partial charge in [-0.3, -0.25) is 19.7 Å². The van der Waals surface area contributed by atoms with E-state index in [1.807, 2.05) is 59.6 Å². The summed E-state index contributed by atoms with van der Waals surface area (Å²) in [7, 11) is 3.79. The van der Waals surface area contributed by atoms with Gasteiger partial charge in [0.25, 0.3) is 5.91 Å². The molecule has 10 heteroatoms. The van der Waals surface area contributed by atoms with Gasteiger partial charge in [0.2, 0.25) is 0 Å². The number of carbonyl (C=O) groups is 1. The molecule has 3 aromatic rings. The number of thiophene rings is 1. The number of piperazine rings is 1. The fourth-order valence-electron chi connectivity index (χ4n) is 4.07. The van der Waals surface area contributed by atoms with E-state index in [4.69, 9.17) is 0 Å². The Morgan fingerprint density at radius 1 is 1.12 bits per heavy atom. The van der Waals surface area contributed by atoms with Gasteiger partial charge in [-0.25, -0.2) is 0 Å². The average Bonchev–Trinajstić information content (AvgIpc) is 3.32. The molecule has 3 heterocycles. The summed E-state index contributed by atoms with van der Waals surface area (Å²) in [4.78, 5) is 43.6. The van der Waals surface area contributed by atoms with E-state index in [-0.39, 0.29) is 5.91 Å². The van der Waals surface area contributed by atoms with Crippen molar-refractivity contribution in [1.29, 1.82) is 0 Å². The molecule has 0 radical (unpaired) electrons.